The average Bonchev–Trinajstić information content (AvgIpc) is 2.77. The summed E-state index contributed by atoms with van der Waals surface area (Å²) < 4.78 is 7.78. The maximum Gasteiger partial charge on any atom is 0.130 e. The lowest BCUT2D eigenvalue weighted by molar-refractivity contribution is 0.294. The second kappa shape index (κ2) is 5.73. The van der Waals surface area contributed by atoms with Crippen LogP contribution in [0.5, 0.6) is 5.75 Å². The van der Waals surface area contributed by atoms with E-state index in [4.69, 9.17) is 16.3 Å². The van der Waals surface area contributed by atoms with Crippen LogP contribution < -0.4 is 4.74 Å². The summed E-state index contributed by atoms with van der Waals surface area (Å²) in [6.45, 7) is 3.64. The lowest BCUT2D eigenvalue weighted by Crippen LogP contribution is -2.04. The molecular weight excluding hydrogens is 236 g/mol. The molecule has 3 nitrogen and oxygen atoms in total. The zero-order valence-corrected chi connectivity index (χ0v) is 10.5. The van der Waals surface area contributed by atoms with Crippen molar-refractivity contribution in [3.05, 3.63) is 47.5 Å². The monoisotopic (exact) mass is 250 g/mol. The van der Waals surface area contributed by atoms with Crippen molar-refractivity contribution in [2.24, 2.45) is 0 Å². The first kappa shape index (κ1) is 12.0. The van der Waals surface area contributed by atoms with Crippen molar-refractivity contribution < 1.29 is 4.74 Å². The molecule has 0 aliphatic carbocycles. The summed E-state index contributed by atoms with van der Waals surface area (Å²) in [5.41, 5.74) is 1.09. The summed E-state index contributed by atoms with van der Waals surface area (Å²) in [7, 11) is 0. The lowest BCUT2D eigenvalue weighted by Gasteiger charge is -2.08. The molecule has 90 valence electrons. The summed E-state index contributed by atoms with van der Waals surface area (Å²) in [6.07, 6.45) is 4.76. The Morgan fingerprint density at radius 1 is 1.29 bits per heavy atom. The fourth-order valence-corrected chi connectivity index (χ4v) is 1.72. The van der Waals surface area contributed by atoms with E-state index in [-0.39, 0.29) is 0 Å². The third-order valence-corrected chi connectivity index (χ3v) is 2.72. The molecule has 17 heavy (non-hydrogen) atoms. The normalized spacial score (nSPS) is 10.5. The van der Waals surface area contributed by atoms with Crippen molar-refractivity contribution in [2.45, 2.75) is 26.5 Å². The van der Waals surface area contributed by atoms with Gasteiger partial charge < -0.3 is 9.30 Å². The highest BCUT2D eigenvalue weighted by Gasteiger charge is 2.02. The topological polar surface area (TPSA) is 27.1 Å². The molecule has 0 fully saturated rings. The highest BCUT2D eigenvalue weighted by atomic mass is 35.5. The number of rotatable bonds is 5. The van der Waals surface area contributed by atoms with E-state index >= 15 is 0 Å². The SMILES string of the molecule is CCCn1cncc1COc1ccc(Cl)cc1. The third-order valence-electron chi connectivity index (χ3n) is 2.46. The van der Waals surface area contributed by atoms with Crippen LogP contribution in [-0.4, -0.2) is 9.55 Å². The number of ether oxygens (including phenoxy) is 1. The van der Waals surface area contributed by atoms with Gasteiger partial charge in [-0.15, -0.1) is 0 Å². The number of hydrogen-bond acceptors (Lipinski definition) is 2. The van der Waals surface area contributed by atoms with Crippen LogP contribution in [0.4, 0.5) is 0 Å². The van der Waals surface area contributed by atoms with Crippen LogP contribution in [0, 0.1) is 0 Å². The Morgan fingerprint density at radius 3 is 2.76 bits per heavy atom. The summed E-state index contributed by atoms with van der Waals surface area (Å²) >= 11 is 5.81. The number of aryl methyl sites for hydroxylation is 1. The van der Waals surface area contributed by atoms with E-state index in [9.17, 15) is 0 Å². The number of aromatic nitrogens is 2. The van der Waals surface area contributed by atoms with Gasteiger partial charge >= 0.3 is 0 Å². The van der Waals surface area contributed by atoms with Crippen molar-refractivity contribution in [2.75, 3.05) is 0 Å². The van der Waals surface area contributed by atoms with E-state index in [1.807, 2.05) is 36.8 Å². The van der Waals surface area contributed by atoms with E-state index in [2.05, 4.69) is 16.5 Å². The Hall–Kier alpha value is -1.48. The predicted molar refractivity (Wildman–Crippen MR) is 68.3 cm³/mol. The van der Waals surface area contributed by atoms with Gasteiger partial charge in [0.25, 0.3) is 0 Å². The number of hydrogen-bond donors (Lipinski definition) is 0. The van der Waals surface area contributed by atoms with Crippen molar-refractivity contribution in [3.63, 3.8) is 0 Å². The first-order valence-electron chi connectivity index (χ1n) is 5.67. The van der Waals surface area contributed by atoms with Gasteiger partial charge in [-0.3, -0.25) is 0 Å². The average molecular weight is 251 g/mol. The molecule has 1 aromatic heterocycles. The first-order valence-corrected chi connectivity index (χ1v) is 6.04. The van der Waals surface area contributed by atoms with Crippen LogP contribution in [0.25, 0.3) is 0 Å². The van der Waals surface area contributed by atoms with Gasteiger partial charge in [0.1, 0.15) is 12.4 Å². The van der Waals surface area contributed by atoms with E-state index in [1.165, 1.54) is 0 Å². The van der Waals surface area contributed by atoms with Crippen LogP contribution in [-0.2, 0) is 13.2 Å². The van der Waals surface area contributed by atoms with Gasteiger partial charge in [-0.05, 0) is 30.7 Å². The predicted octanol–water partition coefficient (Wildman–Crippen LogP) is 3.53. The molecule has 0 aliphatic heterocycles. The van der Waals surface area contributed by atoms with Crippen LogP contribution in [0.15, 0.2) is 36.8 Å². The molecule has 0 saturated carbocycles. The summed E-state index contributed by atoms with van der Waals surface area (Å²) in [5, 5.41) is 0.716. The Kier molecular flexibility index (Phi) is 4.04. The van der Waals surface area contributed by atoms with Gasteiger partial charge in [0.05, 0.1) is 18.2 Å². The first-order chi connectivity index (χ1) is 8.29. The molecule has 0 radical (unpaired) electrons. The van der Waals surface area contributed by atoms with E-state index in [1.54, 1.807) is 0 Å². The van der Waals surface area contributed by atoms with Crippen molar-refractivity contribution in [1.29, 1.82) is 0 Å². The molecule has 0 aliphatic rings. The standard InChI is InChI=1S/C13H15ClN2O/c1-2-7-16-10-15-8-12(16)9-17-13-5-3-11(14)4-6-13/h3-6,8,10H,2,7,9H2,1H3. The number of benzene rings is 1. The Balaban J connectivity index is 1.97. The molecule has 0 unspecified atom stereocenters. The molecule has 0 bridgehead atoms. The van der Waals surface area contributed by atoms with Crippen molar-refractivity contribution in [1.82, 2.24) is 9.55 Å². The van der Waals surface area contributed by atoms with Gasteiger partial charge in [0.2, 0.25) is 0 Å². The summed E-state index contributed by atoms with van der Waals surface area (Å²) in [6, 6.07) is 7.37. The minimum absolute atomic E-state index is 0.529. The highest BCUT2D eigenvalue weighted by molar-refractivity contribution is 6.30. The lowest BCUT2D eigenvalue weighted by atomic mass is 10.3. The molecule has 1 aromatic carbocycles. The number of imidazole rings is 1. The van der Waals surface area contributed by atoms with Crippen LogP contribution in [0.1, 0.15) is 19.0 Å². The van der Waals surface area contributed by atoms with Crippen LogP contribution >= 0.6 is 11.6 Å². The third kappa shape index (κ3) is 3.24. The van der Waals surface area contributed by atoms with E-state index < -0.39 is 0 Å². The zero-order valence-electron chi connectivity index (χ0n) is 9.77. The van der Waals surface area contributed by atoms with Crippen molar-refractivity contribution >= 4 is 11.6 Å². The molecule has 0 atom stereocenters. The summed E-state index contributed by atoms with van der Waals surface area (Å²) in [4.78, 5) is 4.13. The number of nitrogens with zero attached hydrogens (tertiary/aromatic N) is 2. The fourth-order valence-electron chi connectivity index (χ4n) is 1.60. The quantitative estimate of drug-likeness (QED) is 0.812. The maximum absolute atomic E-state index is 5.81. The smallest absolute Gasteiger partial charge is 0.130 e. The van der Waals surface area contributed by atoms with Crippen LogP contribution in [0.2, 0.25) is 5.02 Å². The minimum atomic E-state index is 0.529. The Morgan fingerprint density at radius 2 is 2.06 bits per heavy atom. The largest absolute Gasteiger partial charge is 0.487 e. The number of halogens is 1. The molecule has 0 saturated heterocycles. The molecule has 1 heterocycles. The minimum Gasteiger partial charge on any atom is -0.487 e. The molecular formula is C13H15ClN2O. The second-order valence-corrected chi connectivity index (χ2v) is 4.26. The van der Waals surface area contributed by atoms with Gasteiger partial charge in [0, 0.05) is 11.6 Å². The van der Waals surface area contributed by atoms with E-state index in [0.717, 1.165) is 24.4 Å². The molecule has 0 amide bonds. The molecule has 2 rings (SSSR count). The molecule has 4 heteroatoms. The fraction of sp³-hybridized carbons (Fsp3) is 0.308. The molecule has 0 N–H and O–H groups in total. The molecule has 0 spiro atoms. The van der Waals surface area contributed by atoms with Gasteiger partial charge in [0.15, 0.2) is 0 Å². The highest BCUT2D eigenvalue weighted by Crippen LogP contribution is 2.16. The van der Waals surface area contributed by atoms with Gasteiger partial charge in [-0.2, -0.15) is 0 Å². The Bertz CT molecular complexity index is 465. The summed E-state index contributed by atoms with van der Waals surface area (Å²) in [5.74, 6) is 0.818. The van der Waals surface area contributed by atoms with Crippen molar-refractivity contribution in [3.8, 4) is 5.75 Å². The van der Waals surface area contributed by atoms with Crippen LogP contribution in [0.3, 0.4) is 0 Å². The van der Waals surface area contributed by atoms with Gasteiger partial charge in [-0.25, -0.2) is 4.98 Å². The van der Waals surface area contributed by atoms with E-state index in [0.29, 0.717) is 11.6 Å². The maximum atomic E-state index is 5.81. The molecule has 2 aromatic rings. The zero-order chi connectivity index (χ0) is 12.1. The second-order valence-electron chi connectivity index (χ2n) is 3.82. The van der Waals surface area contributed by atoms with Gasteiger partial charge in [-0.1, -0.05) is 18.5 Å². The Labute approximate surface area is 106 Å².